The second-order valence-electron chi connectivity index (χ2n) is 6.91. The summed E-state index contributed by atoms with van der Waals surface area (Å²) in [5.41, 5.74) is 1.45. The van der Waals surface area contributed by atoms with E-state index in [-0.39, 0.29) is 23.3 Å². The van der Waals surface area contributed by atoms with Crippen molar-refractivity contribution in [3.63, 3.8) is 0 Å². The predicted octanol–water partition coefficient (Wildman–Crippen LogP) is 2.84. The molecule has 2 aliphatic heterocycles. The Morgan fingerprint density at radius 2 is 2.00 bits per heavy atom. The largest absolute Gasteiger partial charge is 0.411 e. The summed E-state index contributed by atoms with van der Waals surface area (Å²) >= 11 is 1.64. The molecule has 27 heavy (non-hydrogen) atoms. The Morgan fingerprint density at radius 3 is 2.67 bits per heavy atom. The molecule has 1 N–H and O–H groups in total. The molecule has 0 aliphatic carbocycles. The van der Waals surface area contributed by atoms with Gasteiger partial charge < -0.3 is 15.0 Å². The van der Waals surface area contributed by atoms with Crippen LogP contribution in [0.15, 0.2) is 24.3 Å². The quantitative estimate of drug-likeness (QED) is 0.795. The Kier molecular flexibility index (Phi) is 5.71. The first-order valence-electron chi connectivity index (χ1n) is 8.64. The van der Waals surface area contributed by atoms with Crippen LogP contribution in [0, 0.1) is 0 Å². The minimum Gasteiger partial charge on any atom is -0.367 e. The molecule has 0 bridgehead atoms. The van der Waals surface area contributed by atoms with Crippen molar-refractivity contribution in [1.29, 1.82) is 0 Å². The summed E-state index contributed by atoms with van der Waals surface area (Å²) in [4.78, 5) is 26.0. The molecule has 0 saturated carbocycles. The number of nitrogens with one attached hydrogen (secondary N) is 1. The van der Waals surface area contributed by atoms with Crippen molar-refractivity contribution < 1.29 is 27.5 Å². The topological polar surface area (TPSA) is 58.6 Å². The fraction of sp³-hybridized carbons (Fsp3) is 0.556. The smallest absolute Gasteiger partial charge is 0.367 e. The van der Waals surface area contributed by atoms with E-state index in [1.54, 1.807) is 40.9 Å². The van der Waals surface area contributed by atoms with Crippen LogP contribution in [0.25, 0.3) is 0 Å². The maximum absolute atomic E-state index is 12.5. The van der Waals surface area contributed by atoms with Crippen LogP contribution in [0.2, 0.25) is 0 Å². The molecule has 2 fully saturated rings. The Labute approximate surface area is 159 Å². The highest BCUT2D eigenvalue weighted by molar-refractivity contribution is 8.01. The second kappa shape index (κ2) is 7.71. The highest BCUT2D eigenvalue weighted by atomic mass is 32.2. The van der Waals surface area contributed by atoms with Crippen molar-refractivity contribution in [2.75, 3.05) is 12.4 Å². The van der Waals surface area contributed by atoms with Gasteiger partial charge in [0, 0.05) is 18.7 Å². The molecule has 0 spiro atoms. The molecule has 2 saturated heterocycles. The lowest BCUT2D eigenvalue weighted by molar-refractivity contribution is -0.176. The van der Waals surface area contributed by atoms with Gasteiger partial charge in [0.25, 0.3) is 0 Å². The highest BCUT2D eigenvalue weighted by Crippen LogP contribution is 2.47. The van der Waals surface area contributed by atoms with Crippen LogP contribution in [-0.2, 0) is 27.5 Å². The summed E-state index contributed by atoms with van der Waals surface area (Å²) in [5.74, 6) is 0.425. The van der Waals surface area contributed by atoms with E-state index in [0.717, 1.165) is 12.0 Å². The van der Waals surface area contributed by atoms with Gasteiger partial charge in [0.1, 0.15) is 12.6 Å². The molecule has 1 aromatic carbocycles. The maximum Gasteiger partial charge on any atom is 0.411 e. The zero-order valence-corrected chi connectivity index (χ0v) is 15.7. The van der Waals surface area contributed by atoms with Crippen molar-refractivity contribution in [3.8, 4) is 0 Å². The molecule has 2 aliphatic rings. The lowest BCUT2D eigenvalue weighted by atomic mass is 10.1. The first-order valence-corrected chi connectivity index (χ1v) is 9.63. The van der Waals surface area contributed by atoms with Gasteiger partial charge in [0.15, 0.2) is 0 Å². The first kappa shape index (κ1) is 20.0. The fourth-order valence-corrected chi connectivity index (χ4v) is 4.79. The highest BCUT2D eigenvalue weighted by Gasteiger charge is 2.52. The van der Waals surface area contributed by atoms with Gasteiger partial charge in [0.2, 0.25) is 11.8 Å². The SMILES string of the molecule is C[C@]12CCC(=O)N1[C@@H](C(=O)NCc1ccc(COCC(F)(F)F)cc1)CS2. The van der Waals surface area contributed by atoms with E-state index in [9.17, 15) is 22.8 Å². The summed E-state index contributed by atoms with van der Waals surface area (Å²) < 4.78 is 40.8. The van der Waals surface area contributed by atoms with Gasteiger partial charge in [-0.2, -0.15) is 13.2 Å². The molecule has 0 radical (unpaired) electrons. The molecule has 148 valence electrons. The average molecular weight is 402 g/mol. The van der Waals surface area contributed by atoms with Crippen molar-refractivity contribution in [1.82, 2.24) is 10.2 Å². The molecule has 5 nitrogen and oxygen atoms in total. The third kappa shape index (κ3) is 4.76. The fourth-order valence-electron chi connectivity index (χ4n) is 3.36. The van der Waals surface area contributed by atoms with E-state index in [2.05, 4.69) is 10.1 Å². The lowest BCUT2D eigenvalue weighted by Gasteiger charge is -2.29. The molecular weight excluding hydrogens is 381 g/mol. The molecule has 9 heteroatoms. The number of ether oxygens (including phenoxy) is 1. The van der Waals surface area contributed by atoms with E-state index < -0.39 is 18.8 Å². The summed E-state index contributed by atoms with van der Waals surface area (Å²) in [6.45, 7) is 0.886. The van der Waals surface area contributed by atoms with Gasteiger partial charge in [-0.3, -0.25) is 9.59 Å². The van der Waals surface area contributed by atoms with Gasteiger partial charge in [-0.15, -0.1) is 11.8 Å². The van der Waals surface area contributed by atoms with Crippen molar-refractivity contribution in [2.24, 2.45) is 0 Å². The van der Waals surface area contributed by atoms with Crippen molar-refractivity contribution in [2.45, 2.75) is 50.0 Å². The van der Waals surface area contributed by atoms with Crippen LogP contribution in [-0.4, -0.2) is 46.2 Å². The molecular formula is C18H21F3N2O3S. The Balaban J connectivity index is 1.49. The number of halogens is 3. The van der Waals surface area contributed by atoms with Crippen LogP contribution in [0.3, 0.4) is 0 Å². The van der Waals surface area contributed by atoms with Gasteiger partial charge in [-0.1, -0.05) is 24.3 Å². The summed E-state index contributed by atoms with van der Waals surface area (Å²) in [6, 6.07) is 6.36. The molecule has 0 aromatic heterocycles. The number of thioether (sulfide) groups is 1. The Bertz CT molecular complexity index is 711. The summed E-state index contributed by atoms with van der Waals surface area (Å²) in [5, 5.41) is 2.85. The summed E-state index contributed by atoms with van der Waals surface area (Å²) in [6.07, 6.45) is -3.10. The number of hydrogen-bond acceptors (Lipinski definition) is 4. The van der Waals surface area contributed by atoms with Crippen LogP contribution >= 0.6 is 11.8 Å². The van der Waals surface area contributed by atoms with E-state index >= 15 is 0 Å². The number of fused-ring (bicyclic) bond motifs is 1. The maximum atomic E-state index is 12.5. The minimum absolute atomic E-state index is 0.0193. The standard InChI is InChI=1S/C18H21F3N2O3S/c1-17-7-6-15(24)23(17)14(10-27-17)16(25)22-8-12-2-4-13(5-3-12)9-26-11-18(19,20)21/h2-5,14H,6-11H2,1H3,(H,22,25)/t14-,17+/m1/s1. The van der Waals surface area contributed by atoms with Crippen molar-refractivity contribution >= 4 is 23.6 Å². The number of hydrogen-bond donors (Lipinski definition) is 1. The lowest BCUT2D eigenvalue weighted by Crippen LogP contribution is -2.49. The molecule has 0 unspecified atom stereocenters. The second-order valence-corrected chi connectivity index (χ2v) is 8.41. The molecule has 1 aromatic rings. The predicted molar refractivity (Wildman–Crippen MR) is 94.7 cm³/mol. The third-order valence-corrected chi connectivity index (χ3v) is 6.28. The van der Waals surface area contributed by atoms with Crippen molar-refractivity contribution in [3.05, 3.63) is 35.4 Å². The van der Waals surface area contributed by atoms with Crippen LogP contribution in [0.1, 0.15) is 30.9 Å². The zero-order valence-electron chi connectivity index (χ0n) is 14.8. The molecule has 3 rings (SSSR count). The number of rotatable bonds is 6. The van der Waals surface area contributed by atoms with E-state index in [1.807, 2.05) is 6.92 Å². The zero-order chi connectivity index (χ0) is 19.7. The first-order chi connectivity index (χ1) is 12.7. The Hall–Kier alpha value is -1.74. The third-order valence-electron chi connectivity index (χ3n) is 4.77. The number of carbonyl (C=O) groups is 2. The average Bonchev–Trinajstić information content (AvgIpc) is 3.09. The number of benzene rings is 1. The van der Waals surface area contributed by atoms with Gasteiger partial charge in [0.05, 0.1) is 11.5 Å². The van der Waals surface area contributed by atoms with E-state index in [1.165, 1.54) is 0 Å². The van der Waals surface area contributed by atoms with E-state index in [0.29, 0.717) is 24.3 Å². The number of nitrogens with zero attached hydrogens (tertiary/aromatic N) is 1. The normalized spacial score (nSPS) is 25.0. The number of amides is 2. The van der Waals surface area contributed by atoms with Crippen LogP contribution in [0.5, 0.6) is 0 Å². The van der Waals surface area contributed by atoms with Crippen LogP contribution < -0.4 is 5.32 Å². The Morgan fingerprint density at radius 1 is 1.33 bits per heavy atom. The van der Waals surface area contributed by atoms with Gasteiger partial charge in [-0.25, -0.2) is 0 Å². The monoisotopic (exact) mass is 402 g/mol. The molecule has 2 atom stereocenters. The minimum atomic E-state index is -4.34. The number of alkyl halides is 3. The van der Waals surface area contributed by atoms with Gasteiger partial charge in [-0.05, 0) is 24.5 Å². The molecule has 2 heterocycles. The van der Waals surface area contributed by atoms with E-state index in [4.69, 9.17) is 0 Å². The number of carbonyl (C=O) groups excluding carboxylic acids is 2. The molecule has 2 amide bonds. The van der Waals surface area contributed by atoms with Gasteiger partial charge >= 0.3 is 6.18 Å². The summed E-state index contributed by atoms with van der Waals surface area (Å²) in [7, 11) is 0. The van der Waals surface area contributed by atoms with Crippen LogP contribution in [0.4, 0.5) is 13.2 Å².